The van der Waals surface area contributed by atoms with Crippen LogP contribution in [-0.4, -0.2) is 77.8 Å². The summed E-state index contributed by atoms with van der Waals surface area (Å²) >= 11 is 0. The lowest BCUT2D eigenvalue weighted by Crippen LogP contribution is -2.51. The van der Waals surface area contributed by atoms with Crippen LogP contribution >= 0.6 is 0 Å². The molecule has 2 aliphatic rings. The topological polar surface area (TPSA) is 59.7 Å². The van der Waals surface area contributed by atoms with E-state index in [-0.39, 0.29) is 30.0 Å². The number of hydrogen-bond acceptors (Lipinski definition) is 3. The molecule has 7 heteroatoms. The number of carbonyl (C=O) groups is 2. The molecular weight excluding hydrogens is 371 g/mol. The summed E-state index contributed by atoms with van der Waals surface area (Å²) < 4.78 is 13.7. The van der Waals surface area contributed by atoms with Gasteiger partial charge in [0, 0.05) is 61.8 Å². The van der Waals surface area contributed by atoms with Crippen LogP contribution in [0.1, 0.15) is 24.1 Å². The molecule has 1 aromatic carbocycles. The Morgan fingerprint density at radius 3 is 2.45 bits per heavy atom. The van der Waals surface area contributed by atoms with Crippen molar-refractivity contribution in [1.82, 2.24) is 19.7 Å². The van der Waals surface area contributed by atoms with Gasteiger partial charge in [-0.05, 0) is 50.6 Å². The Labute approximate surface area is 170 Å². The summed E-state index contributed by atoms with van der Waals surface area (Å²) in [5, 5.41) is 0.774. The van der Waals surface area contributed by atoms with Gasteiger partial charge in [-0.15, -0.1) is 0 Å². The van der Waals surface area contributed by atoms with E-state index in [0.29, 0.717) is 13.1 Å². The smallest absolute Gasteiger partial charge is 0.227 e. The van der Waals surface area contributed by atoms with Crippen LogP contribution < -0.4 is 0 Å². The highest BCUT2D eigenvalue weighted by atomic mass is 19.1. The number of fused-ring (bicyclic) bond motifs is 1. The van der Waals surface area contributed by atoms with Crippen LogP contribution in [-0.2, 0) is 16.0 Å². The molecule has 0 saturated carbocycles. The van der Waals surface area contributed by atoms with E-state index in [4.69, 9.17) is 0 Å². The minimum atomic E-state index is -0.298. The Morgan fingerprint density at radius 2 is 1.76 bits per heavy atom. The fourth-order valence-corrected chi connectivity index (χ4v) is 4.51. The summed E-state index contributed by atoms with van der Waals surface area (Å²) in [6.07, 6.45) is 1.70. The number of aromatic nitrogens is 1. The second kappa shape index (κ2) is 8.14. The van der Waals surface area contributed by atoms with Gasteiger partial charge in [0.05, 0.1) is 6.42 Å². The third-order valence-electron chi connectivity index (χ3n) is 6.42. The van der Waals surface area contributed by atoms with E-state index in [0.717, 1.165) is 61.2 Å². The first kappa shape index (κ1) is 19.9. The largest absolute Gasteiger partial charge is 0.358 e. The molecule has 0 radical (unpaired) electrons. The van der Waals surface area contributed by atoms with Crippen LogP contribution in [0, 0.1) is 18.7 Å². The monoisotopic (exact) mass is 400 g/mol. The van der Waals surface area contributed by atoms with Crippen molar-refractivity contribution in [3.63, 3.8) is 0 Å². The van der Waals surface area contributed by atoms with Gasteiger partial charge < -0.3 is 19.7 Å². The zero-order valence-corrected chi connectivity index (χ0v) is 17.2. The maximum atomic E-state index is 13.7. The number of likely N-dealkylation sites (tertiary alicyclic amines) is 1. The number of aryl methyl sites for hydroxylation is 1. The molecule has 1 aromatic heterocycles. The van der Waals surface area contributed by atoms with Gasteiger partial charge in [-0.2, -0.15) is 0 Å². The van der Waals surface area contributed by atoms with E-state index < -0.39 is 0 Å². The molecule has 3 heterocycles. The first-order valence-electron chi connectivity index (χ1n) is 10.4. The summed E-state index contributed by atoms with van der Waals surface area (Å²) in [5.74, 6) is 0.0108. The van der Waals surface area contributed by atoms with E-state index in [2.05, 4.69) is 16.9 Å². The van der Waals surface area contributed by atoms with E-state index in [1.807, 2.05) is 16.7 Å². The maximum absolute atomic E-state index is 13.7. The lowest BCUT2D eigenvalue weighted by molar-refractivity contribution is -0.141. The second-order valence-electron chi connectivity index (χ2n) is 8.38. The zero-order chi connectivity index (χ0) is 20.5. The summed E-state index contributed by atoms with van der Waals surface area (Å²) in [6, 6.07) is 4.62. The fourth-order valence-electron chi connectivity index (χ4n) is 4.51. The molecule has 0 spiro atoms. The van der Waals surface area contributed by atoms with Crippen molar-refractivity contribution < 1.29 is 14.0 Å². The number of amides is 2. The fraction of sp³-hybridized carbons (Fsp3) is 0.545. The highest BCUT2D eigenvalue weighted by Gasteiger charge is 2.31. The minimum absolute atomic E-state index is 0.0198. The molecule has 2 aromatic rings. The molecule has 2 aliphatic heterocycles. The average molecular weight is 400 g/mol. The Balaban J connectivity index is 1.35. The first-order chi connectivity index (χ1) is 13.9. The van der Waals surface area contributed by atoms with Gasteiger partial charge in [0.2, 0.25) is 11.8 Å². The van der Waals surface area contributed by atoms with Gasteiger partial charge in [0.15, 0.2) is 0 Å². The molecule has 0 aliphatic carbocycles. The number of piperidine rings is 1. The number of nitrogens with zero attached hydrogens (tertiary/aromatic N) is 3. The lowest BCUT2D eigenvalue weighted by Gasteiger charge is -2.37. The van der Waals surface area contributed by atoms with Gasteiger partial charge >= 0.3 is 0 Å². The first-order valence-corrected chi connectivity index (χ1v) is 10.4. The van der Waals surface area contributed by atoms with Crippen LogP contribution in [0.2, 0.25) is 0 Å². The van der Waals surface area contributed by atoms with E-state index >= 15 is 0 Å². The molecule has 29 heavy (non-hydrogen) atoms. The number of rotatable bonds is 3. The van der Waals surface area contributed by atoms with Crippen molar-refractivity contribution >= 4 is 22.7 Å². The number of hydrogen-bond donors (Lipinski definition) is 1. The quantitative estimate of drug-likeness (QED) is 0.859. The molecule has 1 N–H and O–H groups in total. The number of likely N-dealkylation sites (N-methyl/N-ethyl adjacent to an activating group) is 1. The van der Waals surface area contributed by atoms with Gasteiger partial charge in [-0.1, -0.05) is 0 Å². The minimum Gasteiger partial charge on any atom is -0.358 e. The average Bonchev–Trinajstić information content (AvgIpc) is 3.03. The highest BCUT2D eigenvalue weighted by molar-refractivity contribution is 5.90. The third kappa shape index (κ3) is 4.15. The van der Waals surface area contributed by atoms with Crippen LogP contribution in [0.25, 0.3) is 10.9 Å². The van der Waals surface area contributed by atoms with Crippen LogP contribution in [0.15, 0.2) is 18.2 Å². The number of H-pyrrole nitrogens is 1. The molecule has 6 nitrogen and oxygen atoms in total. The van der Waals surface area contributed by atoms with Crippen molar-refractivity contribution in [2.45, 2.75) is 26.2 Å². The lowest BCUT2D eigenvalue weighted by atomic mass is 9.94. The predicted molar refractivity (Wildman–Crippen MR) is 110 cm³/mol. The maximum Gasteiger partial charge on any atom is 0.227 e. The second-order valence-corrected chi connectivity index (χ2v) is 8.38. The normalized spacial score (nSPS) is 19.1. The number of benzene rings is 1. The number of carbonyl (C=O) groups excluding carboxylic acids is 2. The van der Waals surface area contributed by atoms with Crippen LogP contribution in [0.5, 0.6) is 0 Å². The van der Waals surface area contributed by atoms with Gasteiger partial charge in [0.1, 0.15) is 5.82 Å². The molecule has 0 bridgehead atoms. The highest BCUT2D eigenvalue weighted by Crippen LogP contribution is 2.26. The molecule has 2 amide bonds. The summed E-state index contributed by atoms with van der Waals surface area (Å²) in [4.78, 5) is 35.0. The number of halogens is 1. The number of piperazine rings is 1. The standard InChI is InChI=1S/C22H29FN4O2/c1-15-18(19-13-17(23)3-4-20(19)24-15)14-21(28)26-7-5-16(6-8-26)22(29)27-11-9-25(2)10-12-27/h3-4,13,16,24H,5-12,14H2,1-2H3. The van der Waals surface area contributed by atoms with Gasteiger partial charge in [-0.25, -0.2) is 4.39 Å². The molecule has 0 unspecified atom stereocenters. The SMILES string of the molecule is Cc1[nH]c2ccc(F)cc2c1CC(=O)N1CCC(C(=O)N2CCN(C)CC2)CC1. The van der Waals surface area contributed by atoms with Crippen molar-refractivity contribution in [3.8, 4) is 0 Å². The van der Waals surface area contributed by atoms with Crippen LogP contribution in [0.4, 0.5) is 4.39 Å². The molecular formula is C22H29FN4O2. The molecule has 2 saturated heterocycles. The van der Waals surface area contributed by atoms with E-state index in [1.165, 1.54) is 12.1 Å². The zero-order valence-electron chi connectivity index (χ0n) is 17.2. The molecule has 0 atom stereocenters. The van der Waals surface area contributed by atoms with Crippen molar-refractivity contribution in [1.29, 1.82) is 0 Å². The predicted octanol–water partition coefficient (Wildman–Crippen LogP) is 2.17. The number of nitrogens with one attached hydrogen (secondary N) is 1. The Hall–Kier alpha value is -2.41. The van der Waals surface area contributed by atoms with Crippen LogP contribution in [0.3, 0.4) is 0 Å². The van der Waals surface area contributed by atoms with Crippen molar-refractivity contribution in [2.75, 3.05) is 46.3 Å². The molecule has 4 rings (SSSR count). The molecule has 156 valence electrons. The third-order valence-corrected chi connectivity index (χ3v) is 6.42. The summed E-state index contributed by atoms with van der Waals surface area (Å²) in [7, 11) is 2.08. The number of aromatic amines is 1. The van der Waals surface area contributed by atoms with Crippen molar-refractivity contribution in [2.24, 2.45) is 5.92 Å². The van der Waals surface area contributed by atoms with E-state index in [9.17, 15) is 14.0 Å². The van der Waals surface area contributed by atoms with Gasteiger partial charge in [-0.3, -0.25) is 9.59 Å². The molecule has 2 fully saturated rings. The summed E-state index contributed by atoms with van der Waals surface area (Å²) in [6.45, 7) is 6.58. The van der Waals surface area contributed by atoms with Gasteiger partial charge in [0.25, 0.3) is 0 Å². The Morgan fingerprint density at radius 1 is 1.07 bits per heavy atom. The summed E-state index contributed by atoms with van der Waals surface area (Å²) in [5.41, 5.74) is 2.61. The Bertz CT molecular complexity index is 909. The van der Waals surface area contributed by atoms with E-state index in [1.54, 1.807) is 6.07 Å². The Kier molecular flexibility index (Phi) is 5.58. The van der Waals surface area contributed by atoms with Crippen molar-refractivity contribution in [3.05, 3.63) is 35.3 Å².